The molecule has 0 aliphatic heterocycles. The highest BCUT2D eigenvalue weighted by Crippen LogP contribution is 2.23. The molecular weight excluding hydrogens is 208 g/mol. The van der Waals surface area contributed by atoms with Crippen molar-refractivity contribution < 1.29 is 4.74 Å². The summed E-state index contributed by atoms with van der Waals surface area (Å²) in [6.45, 7) is 4.20. The van der Waals surface area contributed by atoms with E-state index in [-0.39, 0.29) is 11.6 Å². The maximum Gasteiger partial charge on any atom is 0.0817 e. The Morgan fingerprint density at radius 2 is 2.40 bits per heavy atom. The fraction of sp³-hybridized carbons (Fsp3) is 0.636. The zero-order valence-electron chi connectivity index (χ0n) is 9.62. The van der Waals surface area contributed by atoms with Crippen LogP contribution in [0.1, 0.15) is 25.1 Å². The number of rotatable bonds is 6. The van der Waals surface area contributed by atoms with Gasteiger partial charge in [0.05, 0.1) is 11.6 Å². The molecule has 0 amide bonds. The standard InChI is InChI=1S/C11H20N2OS/c1-4-11(2,14-3)10(13-12)8-9-6-5-7-15-9/h5-7,10,13H,4,8,12H2,1-3H3. The van der Waals surface area contributed by atoms with Gasteiger partial charge >= 0.3 is 0 Å². The zero-order valence-corrected chi connectivity index (χ0v) is 10.4. The van der Waals surface area contributed by atoms with Gasteiger partial charge in [0.15, 0.2) is 0 Å². The number of nitrogens with one attached hydrogen (secondary N) is 1. The second-order valence-corrected chi connectivity index (χ2v) is 4.91. The van der Waals surface area contributed by atoms with Crippen molar-refractivity contribution in [2.24, 2.45) is 5.84 Å². The molecule has 0 spiro atoms. The maximum atomic E-state index is 5.60. The summed E-state index contributed by atoms with van der Waals surface area (Å²) in [5.74, 6) is 5.60. The summed E-state index contributed by atoms with van der Waals surface area (Å²) < 4.78 is 5.55. The topological polar surface area (TPSA) is 47.3 Å². The van der Waals surface area contributed by atoms with Crippen molar-refractivity contribution in [2.75, 3.05) is 7.11 Å². The number of hydrogen-bond acceptors (Lipinski definition) is 4. The van der Waals surface area contributed by atoms with Crippen molar-refractivity contribution in [3.63, 3.8) is 0 Å². The Bertz CT molecular complexity index is 270. The van der Waals surface area contributed by atoms with Gasteiger partial charge in [-0.2, -0.15) is 0 Å². The van der Waals surface area contributed by atoms with Gasteiger partial charge in [-0.1, -0.05) is 13.0 Å². The number of ether oxygens (including phenoxy) is 1. The van der Waals surface area contributed by atoms with Gasteiger partial charge in [0, 0.05) is 18.4 Å². The Balaban J connectivity index is 2.70. The highest BCUT2D eigenvalue weighted by atomic mass is 32.1. The first kappa shape index (κ1) is 12.6. The van der Waals surface area contributed by atoms with Crippen LogP contribution in [0.3, 0.4) is 0 Å². The Kier molecular flexibility index (Phi) is 4.73. The first-order valence-corrected chi connectivity index (χ1v) is 6.08. The van der Waals surface area contributed by atoms with E-state index < -0.39 is 0 Å². The molecule has 0 saturated heterocycles. The van der Waals surface area contributed by atoms with Crippen LogP contribution in [0.2, 0.25) is 0 Å². The third-order valence-corrected chi connectivity index (χ3v) is 3.99. The lowest BCUT2D eigenvalue weighted by molar-refractivity contribution is -0.0286. The molecule has 1 rings (SSSR count). The summed E-state index contributed by atoms with van der Waals surface area (Å²) in [6, 6.07) is 4.33. The highest BCUT2D eigenvalue weighted by Gasteiger charge is 2.31. The van der Waals surface area contributed by atoms with Crippen LogP contribution in [0.15, 0.2) is 17.5 Å². The maximum absolute atomic E-state index is 5.60. The smallest absolute Gasteiger partial charge is 0.0817 e. The monoisotopic (exact) mass is 228 g/mol. The van der Waals surface area contributed by atoms with Crippen molar-refractivity contribution >= 4 is 11.3 Å². The highest BCUT2D eigenvalue weighted by molar-refractivity contribution is 7.09. The Morgan fingerprint density at radius 3 is 2.80 bits per heavy atom. The molecule has 0 saturated carbocycles. The SMILES string of the molecule is CCC(C)(OC)C(Cc1cccs1)NN. The summed E-state index contributed by atoms with van der Waals surface area (Å²) in [7, 11) is 1.74. The molecule has 0 fully saturated rings. The van der Waals surface area contributed by atoms with Crippen molar-refractivity contribution in [3.8, 4) is 0 Å². The van der Waals surface area contributed by atoms with E-state index in [2.05, 4.69) is 36.8 Å². The zero-order chi connectivity index (χ0) is 11.3. The lowest BCUT2D eigenvalue weighted by Crippen LogP contribution is -2.53. The van der Waals surface area contributed by atoms with Gasteiger partial charge in [0.1, 0.15) is 0 Å². The molecule has 1 heterocycles. The molecule has 1 aromatic rings. The normalized spacial score (nSPS) is 17.3. The number of methoxy groups -OCH3 is 1. The van der Waals surface area contributed by atoms with Crippen molar-refractivity contribution in [2.45, 2.75) is 38.3 Å². The van der Waals surface area contributed by atoms with Crippen LogP contribution in [-0.2, 0) is 11.2 Å². The minimum Gasteiger partial charge on any atom is -0.377 e. The molecule has 86 valence electrons. The van der Waals surface area contributed by atoms with E-state index in [0.29, 0.717) is 0 Å². The van der Waals surface area contributed by atoms with Gasteiger partial charge in [-0.3, -0.25) is 11.3 Å². The van der Waals surface area contributed by atoms with Crippen LogP contribution in [0, 0.1) is 0 Å². The number of hydrazine groups is 1. The van der Waals surface area contributed by atoms with Crippen molar-refractivity contribution in [1.29, 1.82) is 0 Å². The largest absolute Gasteiger partial charge is 0.377 e. The van der Waals surface area contributed by atoms with E-state index >= 15 is 0 Å². The molecule has 15 heavy (non-hydrogen) atoms. The van der Waals surface area contributed by atoms with Crippen molar-refractivity contribution in [1.82, 2.24) is 5.43 Å². The summed E-state index contributed by atoms with van der Waals surface area (Å²) in [5, 5.41) is 2.08. The van der Waals surface area contributed by atoms with E-state index in [1.54, 1.807) is 18.4 Å². The van der Waals surface area contributed by atoms with E-state index in [9.17, 15) is 0 Å². The minimum atomic E-state index is -0.210. The molecule has 1 aromatic heterocycles. The fourth-order valence-electron chi connectivity index (χ4n) is 1.61. The summed E-state index contributed by atoms with van der Waals surface area (Å²) >= 11 is 1.75. The third kappa shape index (κ3) is 3.01. The minimum absolute atomic E-state index is 0.145. The molecule has 0 radical (unpaired) electrons. The molecule has 0 aliphatic carbocycles. The number of thiophene rings is 1. The molecule has 0 aliphatic rings. The van der Waals surface area contributed by atoms with Crippen molar-refractivity contribution in [3.05, 3.63) is 22.4 Å². The van der Waals surface area contributed by atoms with E-state index in [1.807, 2.05) is 0 Å². The van der Waals surface area contributed by atoms with Crippen LogP contribution in [0.5, 0.6) is 0 Å². The van der Waals surface area contributed by atoms with Crippen LogP contribution in [-0.4, -0.2) is 18.8 Å². The molecule has 3 N–H and O–H groups in total. The second-order valence-electron chi connectivity index (χ2n) is 3.87. The van der Waals surface area contributed by atoms with E-state index in [0.717, 1.165) is 12.8 Å². The van der Waals surface area contributed by atoms with Gasteiger partial charge in [-0.15, -0.1) is 11.3 Å². The summed E-state index contributed by atoms with van der Waals surface area (Å²) in [6.07, 6.45) is 1.84. The fourth-order valence-corrected chi connectivity index (χ4v) is 2.37. The van der Waals surface area contributed by atoms with Gasteiger partial charge in [-0.25, -0.2) is 0 Å². The first-order valence-electron chi connectivity index (χ1n) is 5.20. The molecule has 2 unspecified atom stereocenters. The van der Waals surface area contributed by atoms with Gasteiger partial charge < -0.3 is 4.74 Å². The summed E-state index contributed by atoms with van der Waals surface area (Å²) in [4.78, 5) is 1.33. The van der Waals surface area contributed by atoms with Gasteiger partial charge in [0.25, 0.3) is 0 Å². The van der Waals surface area contributed by atoms with Gasteiger partial charge in [0.2, 0.25) is 0 Å². The van der Waals surface area contributed by atoms with E-state index in [1.165, 1.54) is 4.88 Å². The van der Waals surface area contributed by atoms with Crippen LogP contribution >= 0.6 is 11.3 Å². The summed E-state index contributed by atoms with van der Waals surface area (Å²) in [5.41, 5.74) is 2.65. The second kappa shape index (κ2) is 5.61. The lowest BCUT2D eigenvalue weighted by Gasteiger charge is -2.35. The molecule has 2 atom stereocenters. The third-order valence-electron chi connectivity index (χ3n) is 3.09. The van der Waals surface area contributed by atoms with Crippen LogP contribution in [0.4, 0.5) is 0 Å². The predicted molar refractivity (Wildman–Crippen MR) is 64.8 cm³/mol. The average Bonchev–Trinajstić information content (AvgIpc) is 2.77. The van der Waals surface area contributed by atoms with E-state index in [4.69, 9.17) is 10.6 Å². The molecule has 0 bridgehead atoms. The van der Waals surface area contributed by atoms with Crippen LogP contribution < -0.4 is 11.3 Å². The average molecular weight is 228 g/mol. The molecule has 4 heteroatoms. The molecular formula is C11H20N2OS. The van der Waals surface area contributed by atoms with Crippen LogP contribution in [0.25, 0.3) is 0 Å². The Hall–Kier alpha value is -0.420. The molecule has 0 aromatic carbocycles. The quantitative estimate of drug-likeness (QED) is 0.578. The molecule has 3 nitrogen and oxygen atoms in total. The predicted octanol–water partition coefficient (Wildman–Crippen LogP) is 1.94. The Labute approximate surface area is 95.6 Å². The first-order chi connectivity index (χ1) is 7.16. The lowest BCUT2D eigenvalue weighted by atomic mass is 9.91. The number of nitrogens with two attached hydrogens (primary N) is 1. The van der Waals surface area contributed by atoms with Gasteiger partial charge in [-0.05, 0) is 24.8 Å². The number of hydrogen-bond donors (Lipinski definition) is 2. The Morgan fingerprint density at radius 1 is 1.67 bits per heavy atom.